The standard InChI is InChI=1S/C10H8ClNO.C4H4Cl2O/c1-6-2-3-8-7(4-6)5-9(12-8)10(11)13;1-2-3(5)4(6)7/h2-5,12H,1H3;2H,1H3/b;3-2+. The third-order valence-corrected chi connectivity index (χ3v) is 3.32. The molecule has 0 unspecified atom stereocenters. The van der Waals surface area contributed by atoms with Crippen LogP contribution in [-0.4, -0.2) is 15.5 Å². The molecule has 2 rings (SSSR count). The van der Waals surface area contributed by atoms with Gasteiger partial charge in [0.15, 0.2) is 0 Å². The number of carbonyl (C=O) groups is 2. The number of rotatable bonds is 2. The van der Waals surface area contributed by atoms with Crippen LogP contribution < -0.4 is 0 Å². The molecule has 20 heavy (non-hydrogen) atoms. The first kappa shape index (κ1) is 16.8. The van der Waals surface area contributed by atoms with E-state index in [9.17, 15) is 9.59 Å². The third-order valence-electron chi connectivity index (χ3n) is 2.43. The molecule has 0 aliphatic heterocycles. The van der Waals surface area contributed by atoms with E-state index in [0.29, 0.717) is 5.69 Å². The number of benzene rings is 1. The van der Waals surface area contributed by atoms with Crippen molar-refractivity contribution < 1.29 is 9.59 Å². The molecule has 1 aromatic heterocycles. The number of fused-ring (bicyclic) bond motifs is 1. The molecule has 0 aliphatic rings. The summed E-state index contributed by atoms with van der Waals surface area (Å²) in [5.74, 6) is 0. The number of aryl methyl sites for hydroxylation is 1. The van der Waals surface area contributed by atoms with Gasteiger partial charge in [-0.3, -0.25) is 9.59 Å². The van der Waals surface area contributed by atoms with Gasteiger partial charge in [-0.25, -0.2) is 0 Å². The highest BCUT2D eigenvalue weighted by atomic mass is 35.5. The summed E-state index contributed by atoms with van der Waals surface area (Å²) in [4.78, 5) is 23.7. The molecule has 3 nitrogen and oxygen atoms in total. The van der Waals surface area contributed by atoms with Crippen molar-refractivity contribution in [3.05, 3.63) is 46.6 Å². The first-order valence-electron chi connectivity index (χ1n) is 5.66. The molecule has 1 N–H and O–H groups in total. The van der Waals surface area contributed by atoms with Gasteiger partial charge in [-0.2, -0.15) is 0 Å². The maximum absolute atomic E-state index is 10.8. The summed E-state index contributed by atoms with van der Waals surface area (Å²) in [6, 6.07) is 7.70. The van der Waals surface area contributed by atoms with Crippen molar-refractivity contribution in [3.8, 4) is 0 Å². The lowest BCUT2D eigenvalue weighted by Crippen LogP contribution is -1.85. The highest BCUT2D eigenvalue weighted by Gasteiger charge is 2.05. The monoisotopic (exact) mass is 331 g/mol. The molecule has 0 spiro atoms. The van der Waals surface area contributed by atoms with Gasteiger partial charge >= 0.3 is 0 Å². The zero-order chi connectivity index (χ0) is 15.3. The second kappa shape index (κ2) is 7.48. The fourth-order valence-electron chi connectivity index (χ4n) is 1.47. The normalized spacial score (nSPS) is 10.9. The van der Waals surface area contributed by atoms with Crippen LogP contribution in [0.3, 0.4) is 0 Å². The Morgan fingerprint density at radius 1 is 1.15 bits per heavy atom. The van der Waals surface area contributed by atoms with E-state index in [4.69, 9.17) is 34.8 Å². The molecule has 6 heteroatoms. The number of hydrogen-bond donors (Lipinski definition) is 1. The molecule has 1 heterocycles. The summed E-state index contributed by atoms with van der Waals surface area (Å²) in [6.07, 6.45) is 1.44. The first-order valence-corrected chi connectivity index (χ1v) is 6.79. The Labute approximate surface area is 131 Å². The van der Waals surface area contributed by atoms with E-state index in [0.717, 1.165) is 10.9 Å². The molecule has 0 bridgehead atoms. The Morgan fingerprint density at radius 3 is 2.25 bits per heavy atom. The average Bonchev–Trinajstić information content (AvgIpc) is 2.81. The Hall–Kier alpha value is -1.29. The number of halogens is 3. The van der Waals surface area contributed by atoms with E-state index in [1.165, 1.54) is 11.6 Å². The predicted octanol–water partition coefficient (Wildman–Crippen LogP) is 4.75. The maximum Gasteiger partial charge on any atom is 0.268 e. The van der Waals surface area contributed by atoms with Gasteiger partial charge in [0, 0.05) is 10.9 Å². The molecular formula is C14H12Cl3NO2. The quantitative estimate of drug-likeness (QED) is 0.637. The topological polar surface area (TPSA) is 49.9 Å². The van der Waals surface area contributed by atoms with Gasteiger partial charge in [0.1, 0.15) is 0 Å². The Bertz CT molecular complexity index is 674. The van der Waals surface area contributed by atoms with Gasteiger partial charge in [0.2, 0.25) is 0 Å². The molecule has 106 valence electrons. The van der Waals surface area contributed by atoms with Crippen LogP contribution in [0.25, 0.3) is 10.9 Å². The van der Waals surface area contributed by atoms with Crippen molar-refractivity contribution in [3.63, 3.8) is 0 Å². The summed E-state index contributed by atoms with van der Waals surface area (Å²) in [6.45, 7) is 3.65. The number of aromatic amines is 1. The fourth-order valence-corrected chi connectivity index (χ4v) is 1.68. The number of H-pyrrole nitrogens is 1. The minimum absolute atomic E-state index is 0.0710. The number of nitrogens with one attached hydrogen (secondary N) is 1. The predicted molar refractivity (Wildman–Crippen MR) is 83.7 cm³/mol. The highest BCUT2D eigenvalue weighted by molar-refractivity contribution is 6.74. The summed E-state index contributed by atoms with van der Waals surface area (Å²) < 4.78 is 0. The third kappa shape index (κ3) is 4.67. The summed E-state index contributed by atoms with van der Waals surface area (Å²) in [5, 5.41) is 0.0312. The smallest absolute Gasteiger partial charge is 0.268 e. The van der Waals surface area contributed by atoms with Gasteiger partial charge in [-0.15, -0.1) is 0 Å². The molecule has 0 atom stereocenters. The van der Waals surface area contributed by atoms with Gasteiger partial charge in [-0.05, 0) is 55.2 Å². The summed E-state index contributed by atoms with van der Waals surface area (Å²) in [5.41, 5.74) is 2.55. The maximum atomic E-state index is 10.8. The molecule has 0 amide bonds. The molecule has 0 saturated carbocycles. The van der Waals surface area contributed by atoms with Gasteiger partial charge < -0.3 is 4.98 Å². The highest BCUT2D eigenvalue weighted by Crippen LogP contribution is 2.17. The Morgan fingerprint density at radius 2 is 1.80 bits per heavy atom. The van der Waals surface area contributed by atoms with Gasteiger partial charge in [0.05, 0.1) is 10.7 Å². The molecule has 1 aromatic carbocycles. The van der Waals surface area contributed by atoms with Crippen LogP contribution in [0.4, 0.5) is 0 Å². The van der Waals surface area contributed by atoms with Gasteiger partial charge in [0.25, 0.3) is 10.5 Å². The number of aromatic nitrogens is 1. The molecular weight excluding hydrogens is 321 g/mol. The first-order chi connectivity index (χ1) is 9.35. The number of carbonyl (C=O) groups excluding carboxylic acids is 2. The van der Waals surface area contributed by atoms with Crippen LogP contribution in [0, 0.1) is 6.92 Å². The van der Waals surface area contributed by atoms with E-state index >= 15 is 0 Å². The van der Waals surface area contributed by atoms with Crippen LogP contribution in [-0.2, 0) is 4.79 Å². The average molecular weight is 333 g/mol. The van der Waals surface area contributed by atoms with Crippen LogP contribution in [0.15, 0.2) is 35.4 Å². The zero-order valence-electron chi connectivity index (χ0n) is 10.8. The van der Waals surface area contributed by atoms with Crippen molar-refractivity contribution in [1.82, 2.24) is 4.98 Å². The van der Waals surface area contributed by atoms with Crippen LogP contribution in [0.1, 0.15) is 23.0 Å². The van der Waals surface area contributed by atoms with Crippen molar-refractivity contribution in [1.29, 1.82) is 0 Å². The Kier molecular flexibility index (Phi) is 6.27. The second-order valence-corrected chi connectivity index (χ2v) is 5.05. The largest absolute Gasteiger partial charge is 0.351 e. The molecule has 0 saturated heterocycles. The van der Waals surface area contributed by atoms with Crippen LogP contribution >= 0.6 is 34.8 Å². The minimum atomic E-state index is -0.607. The zero-order valence-corrected chi connectivity index (χ0v) is 13.1. The fraction of sp³-hybridized carbons (Fsp3) is 0.143. The van der Waals surface area contributed by atoms with E-state index in [-0.39, 0.29) is 5.03 Å². The van der Waals surface area contributed by atoms with E-state index in [1.807, 2.05) is 25.1 Å². The van der Waals surface area contributed by atoms with Crippen molar-refractivity contribution >= 4 is 56.2 Å². The lowest BCUT2D eigenvalue weighted by Gasteiger charge is -1.90. The van der Waals surface area contributed by atoms with E-state index < -0.39 is 10.5 Å². The van der Waals surface area contributed by atoms with Crippen LogP contribution in [0.5, 0.6) is 0 Å². The van der Waals surface area contributed by atoms with Gasteiger partial charge in [-0.1, -0.05) is 29.3 Å². The SMILES string of the molecule is C/C=C(/Cl)C(=O)Cl.Cc1ccc2[nH]c(C(=O)Cl)cc2c1. The number of allylic oxidation sites excluding steroid dienone is 2. The number of hydrogen-bond acceptors (Lipinski definition) is 2. The Balaban J connectivity index is 0.000000246. The van der Waals surface area contributed by atoms with Crippen LogP contribution in [0.2, 0.25) is 0 Å². The van der Waals surface area contributed by atoms with E-state index in [1.54, 1.807) is 13.0 Å². The lowest BCUT2D eigenvalue weighted by molar-refractivity contribution is -0.108. The molecule has 2 aromatic rings. The van der Waals surface area contributed by atoms with Crippen molar-refractivity contribution in [2.75, 3.05) is 0 Å². The summed E-state index contributed by atoms with van der Waals surface area (Å²) in [7, 11) is 0. The van der Waals surface area contributed by atoms with E-state index in [2.05, 4.69) is 4.98 Å². The lowest BCUT2D eigenvalue weighted by atomic mass is 10.2. The molecule has 0 fully saturated rings. The van der Waals surface area contributed by atoms with Crippen molar-refractivity contribution in [2.45, 2.75) is 13.8 Å². The molecule has 0 aliphatic carbocycles. The molecule has 0 radical (unpaired) electrons. The minimum Gasteiger partial charge on any atom is -0.351 e. The second-order valence-electron chi connectivity index (χ2n) is 3.96. The summed E-state index contributed by atoms with van der Waals surface area (Å²) >= 11 is 15.4. The van der Waals surface area contributed by atoms with Crippen molar-refractivity contribution in [2.24, 2.45) is 0 Å².